The van der Waals surface area contributed by atoms with Crippen molar-refractivity contribution in [3.63, 3.8) is 0 Å². The SMILES string of the molecule is Cc1cccc(N2CCN(CCCOc3ccc4c(C)cc(=O)oc4c3)CC2)c1C. The summed E-state index contributed by atoms with van der Waals surface area (Å²) in [5, 5.41) is 0.948. The summed E-state index contributed by atoms with van der Waals surface area (Å²) in [5.41, 5.74) is 5.30. The maximum absolute atomic E-state index is 11.6. The molecule has 5 heteroatoms. The summed E-state index contributed by atoms with van der Waals surface area (Å²) in [7, 11) is 0. The predicted molar refractivity (Wildman–Crippen MR) is 122 cm³/mol. The van der Waals surface area contributed by atoms with Crippen LogP contribution in [0.1, 0.15) is 23.1 Å². The van der Waals surface area contributed by atoms with Gasteiger partial charge >= 0.3 is 5.63 Å². The molecule has 1 aromatic heterocycles. The van der Waals surface area contributed by atoms with Crippen molar-refractivity contribution in [1.82, 2.24) is 4.90 Å². The van der Waals surface area contributed by atoms with Crippen LogP contribution in [0.25, 0.3) is 11.0 Å². The van der Waals surface area contributed by atoms with Crippen molar-refractivity contribution in [2.75, 3.05) is 44.2 Å². The zero-order chi connectivity index (χ0) is 21.1. The van der Waals surface area contributed by atoms with Gasteiger partial charge in [-0.1, -0.05) is 12.1 Å². The lowest BCUT2D eigenvalue weighted by Gasteiger charge is -2.37. The normalized spacial score (nSPS) is 15.0. The Labute approximate surface area is 177 Å². The van der Waals surface area contributed by atoms with Gasteiger partial charge in [-0.2, -0.15) is 0 Å². The number of hydrogen-bond acceptors (Lipinski definition) is 5. The first kappa shape index (κ1) is 20.5. The number of anilines is 1. The molecule has 3 aromatic rings. The standard InChI is InChI=1S/C25H30N2O3/c1-18-6-4-7-23(20(18)3)27-13-11-26(12-14-27)10-5-15-29-21-8-9-22-19(2)16-25(28)30-24(22)17-21/h4,6-9,16-17H,5,10-15H2,1-3H3. The molecular weight excluding hydrogens is 376 g/mol. The number of benzene rings is 2. The largest absolute Gasteiger partial charge is 0.493 e. The zero-order valence-corrected chi connectivity index (χ0v) is 18.1. The molecule has 1 saturated heterocycles. The monoisotopic (exact) mass is 406 g/mol. The highest BCUT2D eigenvalue weighted by Gasteiger charge is 2.18. The minimum absolute atomic E-state index is 0.322. The summed E-state index contributed by atoms with van der Waals surface area (Å²) in [4.78, 5) is 16.6. The van der Waals surface area contributed by atoms with Gasteiger partial charge in [-0.15, -0.1) is 0 Å². The van der Waals surface area contributed by atoms with Crippen molar-refractivity contribution in [2.24, 2.45) is 0 Å². The third-order valence-electron chi connectivity index (χ3n) is 6.10. The molecule has 0 saturated carbocycles. The number of fused-ring (bicyclic) bond motifs is 1. The Morgan fingerprint density at radius 3 is 2.57 bits per heavy atom. The van der Waals surface area contributed by atoms with E-state index in [9.17, 15) is 4.79 Å². The quantitative estimate of drug-likeness (QED) is 0.451. The second kappa shape index (κ2) is 8.92. The van der Waals surface area contributed by atoms with Gasteiger partial charge in [-0.05, 0) is 62.1 Å². The van der Waals surface area contributed by atoms with Gasteiger partial charge in [0, 0.05) is 55.9 Å². The highest BCUT2D eigenvalue weighted by Crippen LogP contribution is 2.24. The summed E-state index contributed by atoms with van der Waals surface area (Å²) in [6.07, 6.45) is 0.972. The molecule has 4 rings (SSSR count). The van der Waals surface area contributed by atoms with Crippen molar-refractivity contribution < 1.29 is 9.15 Å². The van der Waals surface area contributed by atoms with Crippen LogP contribution in [0.15, 0.2) is 51.7 Å². The Bertz CT molecular complexity index is 1080. The lowest BCUT2D eigenvalue weighted by Crippen LogP contribution is -2.47. The molecule has 30 heavy (non-hydrogen) atoms. The summed E-state index contributed by atoms with van der Waals surface area (Å²) in [6, 6.07) is 13.8. The van der Waals surface area contributed by atoms with Crippen LogP contribution in [-0.2, 0) is 0 Å². The fourth-order valence-corrected chi connectivity index (χ4v) is 4.16. The average molecular weight is 407 g/mol. The minimum Gasteiger partial charge on any atom is -0.493 e. The van der Waals surface area contributed by atoms with E-state index in [-0.39, 0.29) is 5.63 Å². The molecule has 0 bridgehead atoms. The summed E-state index contributed by atoms with van der Waals surface area (Å²) >= 11 is 0. The van der Waals surface area contributed by atoms with Crippen LogP contribution in [0.3, 0.4) is 0 Å². The Morgan fingerprint density at radius 1 is 0.967 bits per heavy atom. The van der Waals surface area contributed by atoms with Gasteiger partial charge in [-0.3, -0.25) is 4.90 Å². The van der Waals surface area contributed by atoms with Gasteiger partial charge in [0.25, 0.3) is 0 Å². The number of aryl methyl sites for hydroxylation is 2. The number of nitrogens with zero attached hydrogens (tertiary/aromatic N) is 2. The van der Waals surface area contributed by atoms with E-state index in [1.54, 1.807) is 0 Å². The predicted octanol–water partition coefficient (Wildman–Crippen LogP) is 4.31. The van der Waals surface area contributed by atoms with E-state index in [2.05, 4.69) is 41.8 Å². The second-order valence-corrected chi connectivity index (χ2v) is 8.16. The van der Waals surface area contributed by atoms with E-state index < -0.39 is 0 Å². The van der Waals surface area contributed by atoms with Crippen molar-refractivity contribution in [3.8, 4) is 5.75 Å². The van der Waals surface area contributed by atoms with E-state index in [4.69, 9.17) is 9.15 Å². The van der Waals surface area contributed by atoms with Crippen molar-refractivity contribution in [2.45, 2.75) is 27.2 Å². The molecule has 2 heterocycles. The van der Waals surface area contributed by atoms with E-state index in [1.165, 1.54) is 22.9 Å². The van der Waals surface area contributed by atoms with Crippen molar-refractivity contribution in [3.05, 3.63) is 69.6 Å². The van der Waals surface area contributed by atoms with Gasteiger partial charge in [0.05, 0.1) is 6.61 Å². The highest BCUT2D eigenvalue weighted by molar-refractivity contribution is 5.81. The molecule has 0 atom stereocenters. The lowest BCUT2D eigenvalue weighted by molar-refractivity contribution is 0.224. The minimum atomic E-state index is -0.322. The van der Waals surface area contributed by atoms with Crippen LogP contribution in [0, 0.1) is 20.8 Å². The fraction of sp³-hybridized carbons (Fsp3) is 0.400. The van der Waals surface area contributed by atoms with Gasteiger partial charge in [0.2, 0.25) is 0 Å². The molecule has 5 nitrogen and oxygen atoms in total. The molecule has 0 spiro atoms. The molecule has 158 valence electrons. The number of hydrogen-bond donors (Lipinski definition) is 0. The van der Waals surface area contributed by atoms with Crippen LogP contribution in [0.5, 0.6) is 5.75 Å². The molecule has 0 aliphatic carbocycles. The second-order valence-electron chi connectivity index (χ2n) is 8.16. The maximum atomic E-state index is 11.6. The van der Waals surface area contributed by atoms with Gasteiger partial charge in [0.15, 0.2) is 0 Å². The van der Waals surface area contributed by atoms with E-state index in [1.807, 2.05) is 25.1 Å². The first-order valence-corrected chi connectivity index (χ1v) is 10.7. The van der Waals surface area contributed by atoms with E-state index in [0.29, 0.717) is 12.2 Å². The maximum Gasteiger partial charge on any atom is 0.336 e. The molecule has 0 N–H and O–H groups in total. The Balaban J connectivity index is 1.24. The topological polar surface area (TPSA) is 45.9 Å². The van der Waals surface area contributed by atoms with Gasteiger partial charge in [0.1, 0.15) is 11.3 Å². The van der Waals surface area contributed by atoms with Crippen LogP contribution in [0.2, 0.25) is 0 Å². The Kier molecular flexibility index (Phi) is 6.09. The fourth-order valence-electron chi connectivity index (χ4n) is 4.16. The highest BCUT2D eigenvalue weighted by atomic mass is 16.5. The average Bonchev–Trinajstić information content (AvgIpc) is 2.73. The first-order chi connectivity index (χ1) is 14.5. The molecule has 1 aliphatic heterocycles. The summed E-state index contributed by atoms with van der Waals surface area (Å²) in [6.45, 7) is 12.3. The summed E-state index contributed by atoms with van der Waals surface area (Å²) < 4.78 is 11.2. The van der Waals surface area contributed by atoms with Crippen LogP contribution in [0.4, 0.5) is 5.69 Å². The number of rotatable bonds is 6. The molecule has 0 radical (unpaired) electrons. The Morgan fingerprint density at radius 2 is 1.77 bits per heavy atom. The third-order valence-corrected chi connectivity index (χ3v) is 6.10. The van der Waals surface area contributed by atoms with Gasteiger partial charge in [-0.25, -0.2) is 4.79 Å². The zero-order valence-electron chi connectivity index (χ0n) is 18.1. The van der Waals surface area contributed by atoms with E-state index >= 15 is 0 Å². The number of ether oxygens (including phenoxy) is 1. The van der Waals surface area contributed by atoms with Crippen LogP contribution in [-0.4, -0.2) is 44.2 Å². The van der Waals surface area contributed by atoms with Crippen LogP contribution >= 0.6 is 0 Å². The summed E-state index contributed by atoms with van der Waals surface area (Å²) in [5.74, 6) is 0.746. The molecule has 1 fully saturated rings. The molecule has 1 aliphatic rings. The van der Waals surface area contributed by atoms with E-state index in [0.717, 1.165) is 55.8 Å². The molecule has 0 unspecified atom stereocenters. The smallest absolute Gasteiger partial charge is 0.336 e. The molecule has 0 amide bonds. The Hall–Kier alpha value is -2.79. The van der Waals surface area contributed by atoms with Crippen molar-refractivity contribution >= 4 is 16.7 Å². The number of piperazine rings is 1. The first-order valence-electron chi connectivity index (χ1n) is 10.7. The molecular formula is C25H30N2O3. The molecule has 2 aromatic carbocycles. The van der Waals surface area contributed by atoms with Crippen LogP contribution < -0.4 is 15.3 Å². The van der Waals surface area contributed by atoms with Gasteiger partial charge < -0.3 is 14.1 Å². The van der Waals surface area contributed by atoms with Crippen molar-refractivity contribution in [1.29, 1.82) is 0 Å². The third kappa shape index (κ3) is 4.51. The lowest BCUT2D eigenvalue weighted by atomic mass is 10.1.